The Morgan fingerprint density at radius 1 is 1.30 bits per heavy atom. The lowest BCUT2D eigenvalue weighted by atomic mass is 10.3. The van der Waals surface area contributed by atoms with Gasteiger partial charge in [0.1, 0.15) is 5.82 Å². The fourth-order valence-corrected chi connectivity index (χ4v) is 3.18. The molecule has 0 aliphatic rings. The molecule has 2 rings (SSSR count). The second kappa shape index (κ2) is 6.28. The van der Waals surface area contributed by atoms with Crippen LogP contribution in [-0.4, -0.2) is 29.8 Å². The number of para-hydroxylation sites is 1. The number of hydrogen-bond donors (Lipinski definition) is 1. The largest absolute Gasteiger partial charge is 0.267 e. The number of anilines is 1. The topological polar surface area (TPSA) is 64.0 Å². The van der Waals surface area contributed by atoms with Gasteiger partial charge >= 0.3 is 0 Å². The van der Waals surface area contributed by atoms with Crippen LogP contribution in [0.1, 0.15) is 12.1 Å². The van der Waals surface area contributed by atoms with Crippen molar-refractivity contribution < 1.29 is 8.42 Å². The van der Waals surface area contributed by atoms with Crippen molar-refractivity contribution in [1.82, 2.24) is 9.78 Å². The predicted octanol–water partition coefficient (Wildman–Crippen LogP) is 2.55. The molecular weight excluding hydrogens is 298 g/mol. The Morgan fingerprint density at radius 2 is 2.00 bits per heavy atom. The third-order valence-corrected chi connectivity index (χ3v) is 4.25. The second-order valence-corrected chi connectivity index (χ2v) is 6.60. The van der Waals surface area contributed by atoms with Gasteiger partial charge in [0.25, 0.3) is 0 Å². The Morgan fingerprint density at radius 3 is 2.65 bits per heavy atom. The minimum Gasteiger partial charge on any atom is -0.267 e. The van der Waals surface area contributed by atoms with Crippen LogP contribution >= 0.6 is 11.6 Å². The standard InChI is InChI=1S/C13H16ClN3O2S/c1-11-10-13(16-20(18,19)9-5-8-14)17(15-11)12-6-3-2-4-7-12/h2-4,6-7,10,16H,5,8-9H2,1H3. The number of nitrogens with zero attached hydrogens (tertiary/aromatic N) is 2. The highest BCUT2D eigenvalue weighted by Crippen LogP contribution is 2.18. The summed E-state index contributed by atoms with van der Waals surface area (Å²) in [5.41, 5.74) is 1.54. The number of benzene rings is 1. The van der Waals surface area contributed by atoms with Gasteiger partial charge in [0.05, 0.1) is 17.1 Å². The molecule has 2 aromatic rings. The molecule has 5 nitrogen and oxygen atoms in total. The van der Waals surface area contributed by atoms with Crippen molar-refractivity contribution in [3.8, 4) is 5.69 Å². The lowest BCUT2D eigenvalue weighted by molar-refractivity contribution is 0.599. The first-order chi connectivity index (χ1) is 9.52. The van der Waals surface area contributed by atoms with Gasteiger partial charge in [0.15, 0.2) is 0 Å². The van der Waals surface area contributed by atoms with E-state index in [-0.39, 0.29) is 5.75 Å². The minimum absolute atomic E-state index is 0.00445. The van der Waals surface area contributed by atoms with E-state index in [0.717, 1.165) is 11.4 Å². The van der Waals surface area contributed by atoms with Crippen molar-refractivity contribution in [3.63, 3.8) is 0 Å². The summed E-state index contributed by atoms with van der Waals surface area (Å²) in [5.74, 6) is 0.746. The smallest absolute Gasteiger partial charge is 0.233 e. The average Bonchev–Trinajstić information content (AvgIpc) is 2.77. The fraction of sp³-hybridized carbons (Fsp3) is 0.308. The molecule has 1 aromatic heterocycles. The maximum atomic E-state index is 11.9. The van der Waals surface area contributed by atoms with E-state index in [1.165, 1.54) is 0 Å². The zero-order chi connectivity index (χ0) is 14.6. The quantitative estimate of drug-likeness (QED) is 0.834. The van der Waals surface area contributed by atoms with Crippen LogP contribution in [0.3, 0.4) is 0 Å². The Labute approximate surface area is 123 Å². The van der Waals surface area contributed by atoms with Gasteiger partial charge in [0, 0.05) is 11.9 Å². The van der Waals surface area contributed by atoms with E-state index in [4.69, 9.17) is 11.6 Å². The third-order valence-electron chi connectivity index (χ3n) is 2.64. The number of alkyl halides is 1. The normalized spacial score (nSPS) is 11.5. The predicted molar refractivity (Wildman–Crippen MR) is 81.0 cm³/mol. The number of aryl methyl sites for hydroxylation is 1. The van der Waals surface area contributed by atoms with Crippen molar-refractivity contribution in [2.24, 2.45) is 0 Å². The Balaban J connectivity index is 2.30. The van der Waals surface area contributed by atoms with Crippen molar-refractivity contribution in [1.29, 1.82) is 0 Å². The molecule has 0 saturated carbocycles. The van der Waals surface area contributed by atoms with Crippen LogP contribution in [0.15, 0.2) is 36.4 Å². The molecule has 20 heavy (non-hydrogen) atoms. The van der Waals surface area contributed by atoms with Crippen LogP contribution in [0.4, 0.5) is 5.82 Å². The number of hydrogen-bond acceptors (Lipinski definition) is 3. The van der Waals surface area contributed by atoms with Crippen LogP contribution in [0, 0.1) is 6.92 Å². The minimum atomic E-state index is -3.41. The van der Waals surface area contributed by atoms with Gasteiger partial charge in [0.2, 0.25) is 10.0 Å². The van der Waals surface area contributed by atoms with E-state index in [1.54, 1.807) is 10.7 Å². The Bertz CT molecular complexity index is 668. The van der Waals surface area contributed by atoms with Crippen molar-refractivity contribution in [3.05, 3.63) is 42.1 Å². The summed E-state index contributed by atoms with van der Waals surface area (Å²) in [4.78, 5) is 0. The van der Waals surface area contributed by atoms with Gasteiger partial charge < -0.3 is 0 Å². The zero-order valence-corrected chi connectivity index (χ0v) is 12.7. The molecule has 0 saturated heterocycles. The van der Waals surface area contributed by atoms with Crippen LogP contribution in [0.25, 0.3) is 5.69 Å². The molecule has 0 unspecified atom stereocenters. The molecule has 0 spiro atoms. The molecule has 0 bridgehead atoms. The molecule has 0 fully saturated rings. The number of rotatable bonds is 6. The van der Waals surface area contributed by atoms with Gasteiger partial charge in [-0.3, -0.25) is 4.72 Å². The van der Waals surface area contributed by atoms with E-state index in [0.29, 0.717) is 18.1 Å². The van der Waals surface area contributed by atoms with Crippen LogP contribution in [-0.2, 0) is 10.0 Å². The van der Waals surface area contributed by atoms with E-state index in [9.17, 15) is 8.42 Å². The van der Waals surface area contributed by atoms with Crippen molar-refractivity contribution >= 4 is 27.4 Å². The molecular formula is C13H16ClN3O2S. The molecule has 108 valence electrons. The highest BCUT2D eigenvalue weighted by Gasteiger charge is 2.15. The van der Waals surface area contributed by atoms with Gasteiger partial charge in [-0.05, 0) is 25.5 Å². The second-order valence-electron chi connectivity index (χ2n) is 4.38. The summed E-state index contributed by atoms with van der Waals surface area (Å²) in [5, 5.41) is 4.31. The number of nitrogens with one attached hydrogen (secondary N) is 1. The van der Waals surface area contributed by atoms with Gasteiger partial charge in [-0.2, -0.15) is 5.10 Å². The Kier molecular flexibility index (Phi) is 4.67. The summed E-state index contributed by atoms with van der Waals surface area (Å²) in [7, 11) is -3.41. The first-order valence-corrected chi connectivity index (χ1v) is 8.39. The van der Waals surface area contributed by atoms with Crippen molar-refractivity contribution in [2.45, 2.75) is 13.3 Å². The van der Waals surface area contributed by atoms with Crippen LogP contribution in [0.5, 0.6) is 0 Å². The third kappa shape index (κ3) is 3.74. The van der Waals surface area contributed by atoms with Gasteiger partial charge in [-0.15, -0.1) is 11.6 Å². The maximum Gasteiger partial charge on any atom is 0.233 e. The summed E-state index contributed by atoms with van der Waals surface area (Å²) in [6.45, 7) is 1.82. The lowest BCUT2D eigenvalue weighted by Gasteiger charge is -2.10. The average molecular weight is 314 g/mol. The first kappa shape index (κ1) is 14.9. The van der Waals surface area contributed by atoms with Crippen LogP contribution in [0.2, 0.25) is 0 Å². The zero-order valence-electron chi connectivity index (χ0n) is 11.1. The first-order valence-electron chi connectivity index (χ1n) is 6.20. The molecule has 1 aromatic carbocycles. The van der Waals surface area contributed by atoms with E-state index >= 15 is 0 Å². The molecule has 0 radical (unpaired) electrons. The number of aromatic nitrogens is 2. The lowest BCUT2D eigenvalue weighted by Crippen LogP contribution is -2.19. The highest BCUT2D eigenvalue weighted by molar-refractivity contribution is 7.92. The highest BCUT2D eigenvalue weighted by atomic mass is 35.5. The summed E-state index contributed by atoms with van der Waals surface area (Å²) in [6.07, 6.45) is 0.412. The summed E-state index contributed by atoms with van der Waals surface area (Å²) < 4.78 is 28.0. The van der Waals surface area contributed by atoms with Gasteiger partial charge in [-0.1, -0.05) is 18.2 Å². The van der Waals surface area contributed by atoms with E-state index < -0.39 is 10.0 Å². The molecule has 7 heteroatoms. The Hall–Kier alpha value is -1.53. The molecule has 1 heterocycles. The SMILES string of the molecule is Cc1cc(NS(=O)(=O)CCCCl)n(-c2ccccc2)n1. The van der Waals surface area contributed by atoms with Crippen molar-refractivity contribution in [2.75, 3.05) is 16.4 Å². The number of halogens is 1. The molecule has 0 amide bonds. The monoisotopic (exact) mass is 313 g/mol. The molecule has 0 aliphatic heterocycles. The summed E-state index contributed by atoms with van der Waals surface area (Å²) >= 11 is 5.53. The van der Waals surface area contributed by atoms with Crippen LogP contribution < -0.4 is 4.72 Å². The van der Waals surface area contributed by atoms with Gasteiger partial charge in [-0.25, -0.2) is 13.1 Å². The number of sulfonamides is 1. The molecule has 1 N–H and O–H groups in total. The molecule has 0 atom stereocenters. The van der Waals surface area contributed by atoms with E-state index in [1.807, 2.05) is 37.3 Å². The maximum absolute atomic E-state index is 11.9. The van der Waals surface area contributed by atoms with E-state index in [2.05, 4.69) is 9.82 Å². The fourth-order valence-electron chi connectivity index (χ4n) is 1.79. The molecule has 0 aliphatic carbocycles. The summed E-state index contributed by atoms with van der Waals surface area (Å²) in [6, 6.07) is 11.1.